The summed E-state index contributed by atoms with van der Waals surface area (Å²) in [5.74, 6) is 1.22. The molecule has 0 radical (unpaired) electrons. The summed E-state index contributed by atoms with van der Waals surface area (Å²) in [6.45, 7) is 1.54. The maximum absolute atomic E-state index is 5.67. The molecule has 1 aromatic heterocycles. The van der Waals surface area contributed by atoms with Gasteiger partial charge in [0.25, 0.3) is 0 Å². The van der Waals surface area contributed by atoms with E-state index >= 15 is 0 Å². The Hall–Kier alpha value is -0.910. The molecular weight excluding hydrogens is 242 g/mol. The summed E-state index contributed by atoms with van der Waals surface area (Å²) in [6.07, 6.45) is 3.59. The number of alkyl halides is 1. The summed E-state index contributed by atoms with van der Waals surface area (Å²) in [5.41, 5.74) is 0.779. The van der Waals surface area contributed by atoms with Crippen molar-refractivity contribution in [1.82, 2.24) is 9.97 Å². The van der Waals surface area contributed by atoms with Gasteiger partial charge in [0.1, 0.15) is 18.0 Å². The van der Waals surface area contributed by atoms with E-state index in [1.165, 1.54) is 0 Å². The van der Waals surface area contributed by atoms with Crippen LogP contribution in [0.15, 0.2) is 12.4 Å². The summed E-state index contributed by atoms with van der Waals surface area (Å²) in [7, 11) is 3.39. The van der Waals surface area contributed by atoms with Gasteiger partial charge in [-0.1, -0.05) is 0 Å². The molecule has 2 rings (SSSR count). The standard InChI is InChI=1S/C11H16ClN3O2/c1-16-9-6-15(7-10(9)17-2)11-5-13-8(3-12)4-14-11/h4-5,9-10H,3,6-7H2,1-2H3. The average molecular weight is 258 g/mol. The van der Waals surface area contributed by atoms with Crippen molar-refractivity contribution in [3.63, 3.8) is 0 Å². The SMILES string of the molecule is COC1CN(c2cnc(CCl)cn2)CC1OC. The minimum Gasteiger partial charge on any atom is -0.377 e. The normalized spacial score (nSPS) is 24.3. The van der Waals surface area contributed by atoms with E-state index in [1.54, 1.807) is 26.6 Å². The maximum atomic E-state index is 5.67. The topological polar surface area (TPSA) is 47.5 Å². The number of anilines is 1. The van der Waals surface area contributed by atoms with E-state index in [2.05, 4.69) is 14.9 Å². The molecule has 0 bridgehead atoms. The van der Waals surface area contributed by atoms with Gasteiger partial charge in [-0.3, -0.25) is 4.98 Å². The number of hydrogen-bond acceptors (Lipinski definition) is 5. The molecule has 2 heterocycles. The summed E-state index contributed by atoms with van der Waals surface area (Å²) in [6, 6.07) is 0. The molecule has 0 amide bonds. The second kappa shape index (κ2) is 5.62. The lowest BCUT2D eigenvalue weighted by Crippen LogP contribution is -2.27. The van der Waals surface area contributed by atoms with Gasteiger partial charge in [0.05, 0.1) is 24.0 Å². The zero-order valence-electron chi connectivity index (χ0n) is 9.97. The Morgan fingerprint density at radius 1 is 1.24 bits per heavy atom. The van der Waals surface area contributed by atoms with Crippen LogP contribution in [0, 0.1) is 0 Å². The second-order valence-electron chi connectivity index (χ2n) is 3.95. The Morgan fingerprint density at radius 2 is 1.88 bits per heavy atom. The van der Waals surface area contributed by atoms with Gasteiger partial charge in [0.2, 0.25) is 0 Å². The largest absolute Gasteiger partial charge is 0.377 e. The Labute approximate surface area is 106 Å². The van der Waals surface area contributed by atoms with Crippen molar-refractivity contribution in [3.05, 3.63) is 18.1 Å². The van der Waals surface area contributed by atoms with E-state index < -0.39 is 0 Å². The first-order valence-electron chi connectivity index (χ1n) is 5.46. The maximum Gasteiger partial charge on any atom is 0.147 e. The lowest BCUT2D eigenvalue weighted by atomic mass is 10.3. The van der Waals surface area contributed by atoms with Crippen LogP contribution in [-0.4, -0.2) is 49.5 Å². The van der Waals surface area contributed by atoms with Crippen LogP contribution in [0.3, 0.4) is 0 Å². The van der Waals surface area contributed by atoms with Crippen molar-refractivity contribution >= 4 is 17.4 Å². The molecule has 5 nitrogen and oxygen atoms in total. The van der Waals surface area contributed by atoms with Crippen LogP contribution < -0.4 is 4.90 Å². The number of aromatic nitrogens is 2. The summed E-state index contributed by atoms with van der Waals surface area (Å²) < 4.78 is 10.8. The highest BCUT2D eigenvalue weighted by Gasteiger charge is 2.33. The number of rotatable bonds is 4. The predicted octanol–water partition coefficient (Wildman–Crippen LogP) is 1.07. The highest BCUT2D eigenvalue weighted by Crippen LogP contribution is 2.21. The van der Waals surface area contributed by atoms with Crippen LogP contribution >= 0.6 is 11.6 Å². The Kier molecular flexibility index (Phi) is 4.15. The Morgan fingerprint density at radius 3 is 2.29 bits per heavy atom. The fraction of sp³-hybridized carbons (Fsp3) is 0.636. The van der Waals surface area contributed by atoms with Gasteiger partial charge in [0, 0.05) is 27.3 Å². The first kappa shape index (κ1) is 12.5. The van der Waals surface area contributed by atoms with E-state index in [-0.39, 0.29) is 12.2 Å². The molecule has 0 saturated carbocycles. The molecule has 94 valence electrons. The minimum atomic E-state index is 0.0782. The third-order valence-electron chi connectivity index (χ3n) is 2.97. The molecule has 1 aliphatic rings. The first-order chi connectivity index (χ1) is 8.28. The van der Waals surface area contributed by atoms with Gasteiger partial charge in [-0.05, 0) is 0 Å². The third-order valence-corrected chi connectivity index (χ3v) is 3.25. The van der Waals surface area contributed by atoms with Crippen molar-refractivity contribution in [1.29, 1.82) is 0 Å². The smallest absolute Gasteiger partial charge is 0.147 e. The molecule has 2 atom stereocenters. The van der Waals surface area contributed by atoms with Crippen LogP contribution in [0.25, 0.3) is 0 Å². The number of nitrogens with zero attached hydrogens (tertiary/aromatic N) is 3. The first-order valence-corrected chi connectivity index (χ1v) is 5.99. The lowest BCUT2D eigenvalue weighted by molar-refractivity contribution is -0.00461. The molecule has 1 saturated heterocycles. The molecule has 6 heteroatoms. The van der Waals surface area contributed by atoms with E-state index in [0.717, 1.165) is 24.6 Å². The fourth-order valence-electron chi connectivity index (χ4n) is 1.96. The highest BCUT2D eigenvalue weighted by molar-refractivity contribution is 6.16. The molecule has 0 N–H and O–H groups in total. The average Bonchev–Trinajstić information content (AvgIpc) is 2.82. The number of hydrogen-bond donors (Lipinski definition) is 0. The van der Waals surface area contributed by atoms with Gasteiger partial charge in [-0.15, -0.1) is 11.6 Å². The molecule has 0 aromatic carbocycles. The Bertz CT molecular complexity index is 348. The van der Waals surface area contributed by atoms with E-state index in [4.69, 9.17) is 21.1 Å². The fourth-order valence-corrected chi connectivity index (χ4v) is 2.10. The van der Waals surface area contributed by atoms with Crippen LogP contribution in [0.2, 0.25) is 0 Å². The van der Waals surface area contributed by atoms with Gasteiger partial charge < -0.3 is 14.4 Å². The van der Waals surface area contributed by atoms with Gasteiger partial charge in [-0.25, -0.2) is 4.98 Å². The second-order valence-corrected chi connectivity index (χ2v) is 4.22. The zero-order valence-corrected chi connectivity index (χ0v) is 10.7. The number of halogens is 1. The van der Waals surface area contributed by atoms with Crippen molar-refractivity contribution in [2.45, 2.75) is 18.1 Å². The molecule has 0 spiro atoms. The van der Waals surface area contributed by atoms with Crippen molar-refractivity contribution in [2.24, 2.45) is 0 Å². The quantitative estimate of drug-likeness (QED) is 0.755. The van der Waals surface area contributed by atoms with Crippen LogP contribution in [0.4, 0.5) is 5.82 Å². The van der Waals surface area contributed by atoms with Crippen molar-refractivity contribution < 1.29 is 9.47 Å². The monoisotopic (exact) mass is 257 g/mol. The lowest BCUT2D eigenvalue weighted by Gasteiger charge is -2.16. The summed E-state index contributed by atoms with van der Waals surface area (Å²) in [5, 5.41) is 0. The molecule has 1 fully saturated rings. The molecule has 1 aromatic rings. The minimum absolute atomic E-state index is 0.0782. The summed E-state index contributed by atoms with van der Waals surface area (Å²) >= 11 is 5.67. The van der Waals surface area contributed by atoms with Crippen molar-refractivity contribution in [2.75, 3.05) is 32.2 Å². The number of methoxy groups -OCH3 is 2. The van der Waals surface area contributed by atoms with E-state index in [0.29, 0.717) is 5.88 Å². The van der Waals surface area contributed by atoms with Crippen molar-refractivity contribution in [3.8, 4) is 0 Å². The van der Waals surface area contributed by atoms with Crippen LogP contribution in [0.1, 0.15) is 5.69 Å². The van der Waals surface area contributed by atoms with Crippen LogP contribution in [0.5, 0.6) is 0 Å². The molecule has 0 aliphatic carbocycles. The molecule has 17 heavy (non-hydrogen) atoms. The van der Waals surface area contributed by atoms with E-state index in [9.17, 15) is 0 Å². The number of ether oxygens (including phenoxy) is 2. The molecule has 1 aliphatic heterocycles. The summed E-state index contributed by atoms with van der Waals surface area (Å²) in [4.78, 5) is 10.7. The third kappa shape index (κ3) is 2.68. The molecule has 2 unspecified atom stereocenters. The van der Waals surface area contributed by atoms with Gasteiger partial charge >= 0.3 is 0 Å². The Balaban J connectivity index is 2.07. The predicted molar refractivity (Wildman–Crippen MR) is 65.4 cm³/mol. The molecular formula is C11H16ClN3O2. The van der Waals surface area contributed by atoms with E-state index in [1.807, 2.05) is 0 Å². The van der Waals surface area contributed by atoms with Gasteiger partial charge in [-0.2, -0.15) is 0 Å². The van der Waals surface area contributed by atoms with Crippen LogP contribution in [-0.2, 0) is 15.4 Å². The highest BCUT2D eigenvalue weighted by atomic mass is 35.5. The van der Waals surface area contributed by atoms with Gasteiger partial charge in [0.15, 0.2) is 0 Å². The zero-order chi connectivity index (χ0) is 12.3.